The maximum Gasteiger partial charge on any atom is 0.333 e. The average Bonchev–Trinajstić information content (AvgIpc) is 3.62. The molecule has 1 saturated heterocycles. The number of nitrogens with one attached hydrogen (secondary N) is 1. The van der Waals surface area contributed by atoms with Gasteiger partial charge in [-0.3, -0.25) is 14.6 Å². The number of carbonyl (C=O) groups is 3. The molecule has 0 bridgehead atoms. The predicted octanol–water partition coefficient (Wildman–Crippen LogP) is 6.35. The molecule has 2 aliphatic rings. The number of fused-ring (bicyclic) bond motifs is 2. The Hall–Kier alpha value is -5.10. The minimum absolute atomic E-state index is 0.112. The van der Waals surface area contributed by atoms with Gasteiger partial charge in [-0.2, -0.15) is 0 Å². The topological polar surface area (TPSA) is 114 Å². The van der Waals surface area contributed by atoms with E-state index in [4.69, 9.17) is 14.8 Å². The molecule has 4 aromatic rings. The second-order valence-electron chi connectivity index (χ2n) is 11.9. The molecule has 0 spiro atoms. The van der Waals surface area contributed by atoms with Crippen LogP contribution in [-0.2, 0) is 32.1 Å². The average molecular weight is 616 g/mol. The first-order valence-electron chi connectivity index (χ1n) is 16.1. The predicted molar refractivity (Wildman–Crippen MR) is 175 cm³/mol. The van der Waals surface area contributed by atoms with Gasteiger partial charge in [-0.05, 0) is 73.2 Å². The number of benzene rings is 2. The maximum atomic E-state index is 11.9. The molecule has 9 nitrogen and oxygen atoms in total. The van der Waals surface area contributed by atoms with E-state index < -0.39 is 17.8 Å². The Labute approximate surface area is 268 Å². The normalized spacial score (nSPS) is 15.5. The van der Waals surface area contributed by atoms with Gasteiger partial charge >= 0.3 is 5.97 Å². The lowest BCUT2D eigenvalue weighted by atomic mass is 10.1. The number of imide groups is 1. The fourth-order valence-corrected chi connectivity index (χ4v) is 5.96. The Bertz CT molecular complexity index is 1780. The van der Waals surface area contributed by atoms with E-state index in [1.165, 1.54) is 11.1 Å². The lowest BCUT2D eigenvalue weighted by molar-refractivity contribution is -0.197. The van der Waals surface area contributed by atoms with Crippen LogP contribution in [0.2, 0.25) is 0 Å². The van der Waals surface area contributed by atoms with Gasteiger partial charge in [-0.25, -0.2) is 14.8 Å². The van der Waals surface area contributed by atoms with Gasteiger partial charge in [0.25, 0.3) is 11.8 Å². The van der Waals surface area contributed by atoms with Crippen molar-refractivity contribution in [3.63, 3.8) is 0 Å². The van der Waals surface area contributed by atoms with Gasteiger partial charge < -0.3 is 10.2 Å². The van der Waals surface area contributed by atoms with Crippen molar-refractivity contribution in [3.8, 4) is 23.2 Å². The molecule has 1 atom stereocenters. The Morgan fingerprint density at radius 2 is 1.67 bits per heavy atom. The van der Waals surface area contributed by atoms with Crippen molar-refractivity contribution in [2.75, 3.05) is 5.32 Å². The number of unbranched alkanes of at least 4 members (excludes halogenated alkanes) is 6. The first-order chi connectivity index (χ1) is 22.5. The number of rotatable bonds is 12. The lowest BCUT2D eigenvalue weighted by Gasteiger charge is -2.15. The molecule has 0 unspecified atom stereocenters. The highest BCUT2D eigenvalue weighted by Gasteiger charge is 2.32. The Morgan fingerprint density at radius 1 is 0.891 bits per heavy atom. The molecule has 234 valence electrons. The number of pyridine rings is 1. The van der Waals surface area contributed by atoms with Crippen LogP contribution in [-0.4, -0.2) is 43.8 Å². The monoisotopic (exact) mass is 615 g/mol. The van der Waals surface area contributed by atoms with E-state index in [0.717, 1.165) is 79.2 Å². The number of amides is 2. The number of carbonyl (C=O) groups excluding carboxylic acids is 3. The molecule has 2 aromatic carbocycles. The summed E-state index contributed by atoms with van der Waals surface area (Å²) < 4.78 is 0. The number of aromatic nitrogens is 3. The molecule has 6 rings (SSSR count). The van der Waals surface area contributed by atoms with E-state index in [9.17, 15) is 14.4 Å². The number of anilines is 1. The number of nitrogens with zero attached hydrogens (tertiary/aromatic N) is 4. The zero-order valence-corrected chi connectivity index (χ0v) is 25.8. The van der Waals surface area contributed by atoms with Crippen LogP contribution >= 0.6 is 0 Å². The summed E-state index contributed by atoms with van der Waals surface area (Å²) in [6.07, 6.45) is 12.5. The molecule has 9 heteroatoms. The molecule has 46 heavy (non-hydrogen) atoms. The van der Waals surface area contributed by atoms with Gasteiger partial charge in [-0.15, -0.1) is 5.06 Å². The minimum atomic E-state index is -0.521. The van der Waals surface area contributed by atoms with Gasteiger partial charge in [0.2, 0.25) is 0 Å². The quantitative estimate of drug-likeness (QED) is 0.111. The van der Waals surface area contributed by atoms with Gasteiger partial charge in [0, 0.05) is 60.6 Å². The van der Waals surface area contributed by atoms with Crippen molar-refractivity contribution < 1.29 is 19.2 Å². The first kappa shape index (κ1) is 30.9. The first-order valence-corrected chi connectivity index (χ1v) is 16.1. The molecule has 2 amide bonds. The second kappa shape index (κ2) is 14.8. The summed E-state index contributed by atoms with van der Waals surface area (Å²) in [7, 11) is 0. The van der Waals surface area contributed by atoms with Gasteiger partial charge in [-0.1, -0.05) is 55.7 Å². The third-order valence-electron chi connectivity index (χ3n) is 8.37. The third-order valence-corrected chi connectivity index (χ3v) is 8.37. The summed E-state index contributed by atoms with van der Waals surface area (Å²) in [6, 6.07) is 18.8. The highest BCUT2D eigenvalue weighted by atomic mass is 16.7. The van der Waals surface area contributed by atoms with E-state index in [1.54, 1.807) is 12.4 Å². The molecular weight excluding hydrogens is 578 g/mol. The highest BCUT2D eigenvalue weighted by molar-refractivity contribution is 6.01. The Morgan fingerprint density at radius 3 is 2.50 bits per heavy atom. The van der Waals surface area contributed by atoms with E-state index in [0.29, 0.717) is 17.3 Å². The van der Waals surface area contributed by atoms with Gasteiger partial charge in [0.05, 0.1) is 5.52 Å². The molecule has 1 fully saturated rings. The summed E-state index contributed by atoms with van der Waals surface area (Å²) >= 11 is 0. The standard InChI is InChI=1S/C37H37N5O4/c43-33-19-20-34(44)42(33)46-35(45)16-8-6-4-2-1-3-5-7-12-26-17-18-27-23-30(24-29(27)22-26)39-37-31-14-9-10-15-32(31)40-36(41-37)28-13-11-21-38-25-28/h9-11,13-15,17-18,21-22,25,30H,1-6,8,16,19-20,23-24H2,(H,39,40,41)/t30-/m1/s1. The van der Waals surface area contributed by atoms with Crippen molar-refractivity contribution >= 4 is 34.5 Å². The van der Waals surface area contributed by atoms with Crippen molar-refractivity contribution in [2.45, 2.75) is 83.1 Å². The van der Waals surface area contributed by atoms with Crippen LogP contribution in [0.5, 0.6) is 0 Å². The van der Waals surface area contributed by atoms with Gasteiger partial charge in [0.1, 0.15) is 5.82 Å². The number of hydrogen-bond donors (Lipinski definition) is 1. The molecule has 3 heterocycles. The summed E-state index contributed by atoms with van der Waals surface area (Å²) in [4.78, 5) is 53.7. The molecule has 2 aromatic heterocycles. The van der Waals surface area contributed by atoms with Crippen LogP contribution in [0.1, 0.15) is 80.9 Å². The van der Waals surface area contributed by atoms with Gasteiger partial charge in [0.15, 0.2) is 5.82 Å². The molecule has 0 saturated carbocycles. The minimum Gasteiger partial charge on any atom is -0.366 e. The largest absolute Gasteiger partial charge is 0.366 e. The molecule has 1 N–H and O–H groups in total. The van der Waals surface area contributed by atoms with Crippen molar-refractivity contribution in [1.29, 1.82) is 0 Å². The SMILES string of the molecule is O=C(CCCCCCCCC#Cc1ccc2c(c1)C[C@H](Nc1nc(-c3cccnc3)nc3ccccc13)C2)ON1C(=O)CCC1=O. The smallest absolute Gasteiger partial charge is 0.333 e. The summed E-state index contributed by atoms with van der Waals surface area (Å²) in [5.74, 6) is 6.79. The Balaban J connectivity index is 0.927. The molecule has 1 aliphatic heterocycles. The van der Waals surface area contributed by atoms with E-state index in [1.807, 2.05) is 30.3 Å². The molecular formula is C37H37N5O4. The molecule has 1 aliphatic carbocycles. The number of para-hydroxylation sites is 1. The van der Waals surface area contributed by atoms with Crippen LogP contribution < -0.4 is 5.32 Å². The molecule has 0 radical (unpaired) electrons. The summed E-state index contributed by atoms with van der Waals surface area (Å²) in [6.45, 7) is 0. The van der Waals surface area contributed by atoms with Crippen molar-refractivity contribution in [2.24, 2.45) is 0 Å². The second-order valence-corrected chi connectivity index (χ2v) is 11.9. The van der Waals surface area contributed by atoms with E-state index in [2.05, 4.69) is 46.4 Å². The van der Waals surface area contributed by atoms with E-state index in [-0.39, 0.29) is 25.3 Å². The van der Waals surface area contributed by atoms with Crippen LogP contribution in [0.25, 0.3) is 22.3 Å². The van der Waals surface area contributed by atoms with Crippen LogP contribution in [0.3, 0.4) is 0 Å². The summed E-state index contributed by atoms with van der Waals surface area (Å²) in [5.41, 5.74) is 5.52. The van der Waals surface area contributed by atoms with Crippen LogP contribution in [0.15, 0.2) is 67.0 Å². The lowest BCUT2D eigenvalue weighted by Crippen LogP contribution is -2.31. The van der Waals surface area contributed by atoms with Crippen LogP contribution in [0.4, 0.5) is 5.82 Å². The highest BCUT2D eigenvalue weighted by Crippen LogP contribution is 2.29. The third kappa shape index (κ3) is 7.75. The zero-order chi connectivity index (χ0) is 31.7. The maximum absolute atomic E-state index is 11.9. The van der Waals surface area contributed by atoms with Crippen LogP contribution in [0, 0.1) is 11.8 Å². The fourth-order valence-electron chi connectivity index (χ4n) is 5.96. The fraction of sp³-hybridized carbons (Fsp3) is 0.351. The van der Waals surface area contributed by atoms with E-state index >= 15 is 0 Å². The zero-order valence-electron chi connectivity index (χ0n) is 25.8. The number of hydrogen-bond acceptors (Lipinski definition) is 8. The van der Waals surface area contributed by atoms with Crippen molar-refractivity contribution in [1.82, 2.24) is 20.0 Å². The van der Waals surface area contributed by atoms with Crippen molar-refractivity contribution in [3.05, 3.63) is 83.7 Å². The Kier molecular flexibility index (Phi) is 9.93. The number of hydroxylamine groups is 2. The summed E-state index contributed by atoms with van der Waals surface area (Å²) in [5, 5.41) is 5.33.